The average molecular weight is 308 g/mol. The molecule has 0 radical (unpaired) electrons. The Morgan fingerprint density at radius 1 is 1.22 bits per heavy atom. The molecule has 1 aliphatic rings. The van der Waals surface area contributed by atoms with E-state index in [0.717, 1.165) is 23.3 Å². The molecule has 1 aliphatic heterocycles. The van der Waals surface area contributed by atoms with Gasteiger partial charge >= 0.3 is 0 Å². The topological polar surface area (TPSA) is 21.1 Å². The van der Waals surface area contributed by atoms with Gasteiger partial charge in [-0.25, -0.2) is 0 Å². The molecule has 3 nitrogen and oxygen atoms in total. The quantitative estimate of drug-likeness (QED) is 0.868. The fourth-order valence-corrected chi connectivity index (χ4v) is 3.09. The Bertz CT molecular complexity index is 555. The van der Waals surface area contributed by atoms with Crippen molar-refractivity contribution in [3.05, 3.63) is 28.4 Å². The third-order valence-electron chi connectivity index (χ3n) is 3.72. The Hall–Kier alpha value is -0.870. The number of fused-ring (bicyclic) bond motifs is 1. The molecule has 0 amide bonds. The summed E-state index contributed by atoms with van der Waals surface area (Å²) in [6, 6.07) is 6.41. The van der Waals surface area contributed by atoms with E-state index in [4.69, 9.17) is 0 Å². The minimum Gasteiger partial charge on any atom is -0.301 e. The molecule has 96 valence electrons. The van der Waals surface area contributed by atoms with Crippen LogP contribution in [0.4, 0.5) is 0 Å². The summed E-state index contributed by atoms with van der Waals surface area (Å²) in [6.07, 6.45) is 2.71. The third kappa shape index (κ3) is 2.31. The van der Waals surface area contributed by atoms with Crippen molar-refractivity contribution in [1.82, 2.24) is 14.7 Å². The Kier molecular flexibility index (Phi) is 3.39. The van der Waals surface area contributed by atoms with Crippen molar-refractivity contribution >= 4 is 26.8 Å². The highest BCUT2D eigenvalue weighted by atomic mass is 79.9. The van der Waals surface area contributed by atoms with E-state index in [0.29, 0.717) is 0 Å². The van der Waals surface area contributed by atoms with Crippen LogP contribution in [0, 0.1) is 6.92 Å². The van der Waals surface area contributed by atoms with Gasteiger partial charge in [-0.3, -0.25) is 4.68 Å². The molecule has 0 bridgehead atoms. The highest BCUT2D eigenvalue weighted by Crippen LogP contribution is 2.22. The molecule has 1 aromatic heterocycles. The van der Waals surface area contributed by atoms with Crippen molar-refractivity contribution in [2.45, 2.75) is 26.3 Å². The molecule has 0 N–H and O–H groups in total. The second-order valence-corrected chi connectivity index (χ2v) is 5.93. The van der Waals surface area contributed by atoms with Gasteiger partial charge in [0, 0.05) is 16.4 Å². The number of hydrogen-bond donors (Lipinski definition) is 0. The number of halogens is 1. The Morgan fingerprint density at radius 2 is 2.00 bits per heavy atom. The van der Waals surface area contributed by atoms with E-state index in [1.54, 1.807) is 0 Å². The van der Waals surface area contributed by atoms with Gasteiger partial charge in [-0.2, -0.15) is 5.10 Å². The normalized spacial score (nSPS) is 16.8. The van der Waals surface area contributed by atoms with Gasteiger partial charge in [0.15, 0.2) is 0 Å². The average Bonchev–Trinajstić information content (AvgIpc) is 2.96. The lowest BCUT2D eigenvalue weighted by atomic mass is 10.2. The summed E-state index contributed by atoms with van der Waals surface area (Å²) in [5.41, 5.74) is 2.36. The van der Waals surface area contributed by atoms with Crippen LogP contribution in [0.3, 0.4) is 0 Å². The lowest BCUT2D eigenvalue weighted by Crippen LogP contribution is -2.24. The molecular formula is C14H18BrN3. The molecule has 18 heavy (non-hydrogen) atoms. The van der Waals surface area contributed by atoms with E-state index >= 15 is 0 Å². The van der Waals surface area contributed by atoms with Crippen molar-refractivity contribution in [1.29, 1.82) is 0 Å². The van der Waals surface area contributed by atoms with Gasteiger partial charge in [0.25, 0.3) is 0 Å². The minimum atomic E-state index is 0.992. The van der Waals surface area contributed by atoms with Crippen molar-refractivity contribution in [2.24, 2.45) is 0 Å². The van der Waals surface area contributed by atoms with Crippen LogP contribution in [-0.4, -0.2) is 34.3 Å². The van der Waals surface area contributed by atoms with E-state index in [9.17, 15) is 0 Å². The number of aromatic nitrogens is 2. The van der Waals surface area contributed by atoms with Crippen molar-refractivity contribution in [3.63, 3.8) is 0 Å². The molecule has 0 unspecified atom stereocenters. The second kappa shape index (κ2) is 5.02. The molecule has 0 atom stereocenters. The summed E-state index contributed by atoms with van der Waals surface area (Å²) in [6.45, 7) is 6.70. The van der Waals surface area contributed by atoms with E-state index in [1.807, 2.05) is 0 Å². The Balaban J connectivity index is 1.83. The van der Waals surface area contributed by atoms with E-state index in [-0.39, 0.29) is 0 Å². The number of likely N-dealkylation sites (tertiary alicyclic amines) is 1. The molecule has 0 aliphatic carbocycles. The summed E-state index contributed by atoms with van der Waals surface area (Å²) in [5.74, 6) is 0. The first-order valence-corrected chi connectivity index (χ1v) is 7.38. The first-order valence-electron chi connectivity index (χ1n) is 6.59. The Labute approximate surface area is 116 Å². The lowest BCUT2D eigenvalue weighted by molar-refractivity contribution is 0.318. The molecule has 1 fully saturated rings. The minimum absolute atomic E-state index is 0.992. The predicted octanol–water partition coefficient (Wildman–Crippen LogP) is 3.20. The smallest absolute Gasteiger partial charge is 0.0686 e. The molecule has 3 rings (SSSR count). The van der Waals surface area contributed by atoms with Gasteiger partial charge in [-0.05, 0) is 51.1 Å². The van der Waals surface area contributed by atoms with Crippen LogP contribution in [-0.2, 0) is 6.54 Å². The van der Waals surface area contributed by atoms with Crippen LogP contribution in [0.25, 0.3) is 10.9 Å². The van der Waals surface area contributed by atoms with Crippen LogP contribution in [0.1, 0.15) is 18.5 Å². The summed E-state index contributed by atoms with van der Waals surface area (Å²) < 4.78 is 3.27. The predicted molar refractivity (Wildman–Crippen MR) is 77.8 cm³/mol. The molecule has 2 heterocycles. The summed E-state index contributed by atoms with van der Waals surface area (Å²) >= 11 is 3.52. The molecular weight excluding hydrogens is 290 g/mol. The zero-order valence-electron chi connectivity index (χ0n) is 10.7. The first-order chi connectivity index (χ1) is 8.74. The maximum Gasteiger partial charge on any atom is 0.0686 e. The summed E-state index contributed by atoms with van der Waals surface area (Å²) in [5, 5.41) is 5.92. The molecule has 1 saturated heterocycles. The molecule has 0 spiro atoms. The van der Waals surface area contributed by atoms with Crippen LogP contribution in [0.5, 0.6) is 0 Å². The zero-order chi connectivity index (χ0) is 12.5. The monoisotopic (exact) mass is 307 g/mol. The van der Waals surface area contributed by atoms with Crippen LogP contribution in [0.15, 0.2) is 22.7 Å². The molecule has 0 saturated carbocycles. The van der Waals surface area contributed by atoms with Crippen LogP contribution >= 0.6 is 15.9 Å². The van der Waals surface area contributed by atoms with Crippen molar-refractivity contribution in [2.75, 3.05) is 19.6 Å². The van der Waals surface area contributed by atoms with Crippen LogP contribution in [0.2, 0.25) is 0 Å². The summed E-state index contributed by atoms with van der Waals surface area (Å²) in [4.78, 5) is 2.53. The SMILES string of the molecule is Cc1nn(CCN2CCCC2)c2ccc(Br)cc12. The fourth-order valence-electron chi connectivity index (χ4n) is 2.72. The van der Waals surface area contributed by atoms with Gasteiger partial charge in [0.1, 0.15) is 0 Å². The van der Waals surface area contributed by atoms with Gasteiger partial charge in [-0.15, -0.1) is 0 Å². The van der Waals surface area contributed by atoms with Gasteiger partial charge in [0.05, 0.1) is 17.8 Å². The van der Waals surface area contributed by atoms with Gasteiger partial charge < -0.3 is 4.90 Å². The Morgan fingerprint density at radius 3 is 2.78 bits per heavy atom. The number of hydrogen-bond acceptors (Lipinski definition) is 2. The van der Waals surface area contributed by atoms with E-state index < -0.39 is 0 Å². The maximum atomic E-state index is 4.66. The second-order valence-electron chi connectivity index (χ2n) is 5.02. The molecule has 2 aromatic rings. The van der Waals surface area contributed by atoms with Crippen molar-refractivity contribution < 1.29 is 0 Å². The van der Waals surface area contributed by atoms with Gasteiger partial charge in [-0.1, -0.05) is 15.9 Å². The number of rotatable bonds is 3. The van der Waals surface area contributed by atoms with Gasteiger partial charge in [0.2, 0.25) is 0 Å². The number of nitrogens with zero attached hydrogens (tertiary/aromatic N) is 3. The van der Waals surface area contributed by atoms with E-state index in [2.05, 4.69) is 55.7 Å². The molecule has 4 heteroatoms. The maximum absolute atomic E-state index is 4.66. The highest BCUT2D eigenvalue weighted by molar-refractivity contribution is 9.10. The first kappa shape index (κ1) is 12.2. The largest absolute Gasteiger partial charge is 0.301 e. The number of benzene rings is 1. The summed E-state index contributed by atoms with van der Waals surface area (Å²) in [7, 11) is 0. The third-order valence-corrected chi connectivity index (χ3v) is 4.22. The number of aryl methyl sites for hydroxylation is 1. The van der Waals surface area contributed by atoms with Crippen molar-refractivity contribution in [3.8, 4) is 0 Å². The van der Waals surface area contributed by atoms with E-state index in [1.165, 1.54) is 36.8 Å². The lowest BCUT2D eigenvalue weighted by Gasteiger charge is -2.14. The standard InChI is InChI=1S/C14H18BrN3/c1-11-13-10-12(15)4-5-14(13)18(16-11)9-8-17-6-2-3-7-17/h4-5,10H,2-3,6-9H2,1H3. The van der Waals surface area contributed by atoms with Crippen LogP contribution < -0.4 is 0 Å². The highest BCUT2D eigenvalue weighted by Gasteiger charge is 2.13. The molecule has 1 aromatic carbocycles. The zero-order valence-corrected chi connectivity index (χ0v) is 12.3. The fraction of sp³-hybridized carbons (Fsp3) is 0.500.